The molecular weight excluding hydrogens is 516 g/mol. The molecule has 3 N–H and O–H groups in total. The fraction of sp³-hybridized carbons (Fsp3) is 0.758. The van der Waals surface area contributed by atoms with Gasteiger partial charge in [0.1, 0.15) is 5.75 Å². The number of rotatable bonds is 4. The van der Waals surface area contributed by atoms with Gasteiger partial charge >= 0.3 is 6.03 Å². The van der Waals surface area contributed by atoms with E-state index in [4.69, 9.17) is 4.74 Å². The molecule has 0 radical (unpaired) electrons. The molecule has 1 aromatic carbocycles. The van der Waals surface area contributed by atoms with Crippen LogP contribution in [0.25, 0.3) is 0 Å². The molecule has 8 heteroatoms. The Hall–Kier alpha value is -2.48. The molecule has 8 nitrogen and oxygen atoms in total. The van der Waals surface area contributed by atoms with Gasteiger partial charge in [-0.25, -0.2) is 4.79 Å². The number of aliphatic hydroxyl groups is 1. The number of nitrogens with zero attached hydrogens (tertiary/aromatic N) is 2. The van der Waals surface area contributed by atoms with Gasteiger partial charge in [-0.2, -0.15) is 0 Å². The molecule has 41 heavy (non-hydrogen) atoms. The monoisotopic (exact) mass is 566 g/mol. The molecule has 6 rings (SSSR count). The van der Waals surface area contributed by atoms with Crippen LogP contribution in [-0.4, -0.2) is 77.8 Å². The summed E-state index contributed by atoms with van der Waals surface area (Å²) in [7, 11) is 1.70. The molecule has 0 bridgehead atoms. The van der Waals surface area contributed by atoms with Crippen LogP contribution in [0.2, 0.25) is 0 Å². The first-order valence-corrected chi connectivity index (χ1v) is 16.3. The van der Waals surface area contributed by atoms with E-state index in [1.807, 2.05) is 9.80 Å². The van der Waals surface area contributed by atoms with E-state index in [1.165, 1.54) is 50.5 Å². The first-order chi connectivity index (χ1) is 19.9. The zero-order chi connectivity index (χ0) is 28.6. The number of benzene rings is 1. The van der Waals surface area contributed by atoms with Crippen molar-refractivity contribution in [2.75, 3.05) is 38.7 Å². The number of amides is 3. The third-order valence-corrected chi connectivity index (χ3v) is 11.5. The molecule has 4 fully saturated rings. The van der Waals surface area contributed by atoms with Gasteiger partial charge in [0.2, 0.25) is 5.91 Å². The average Bonchev–Trinajstić information content (AvgIpc) is 3.12. The van der Waals surface area contributed by atoms with Crippen LogP contribution in [0.3, 0.4) is 0 Å². The highest BCUT2D eigenvalue weighted by Gasteiger charge is 2.67. The molecule has 3 atom stereocenters. The van der Waals surface area contributed by atoms with Crippen molar-refractivity contribution in [1.29, 1.82) is 0 Å². The highest BCUT2D eigenvalue weighted by Crippen LogP contribution is 2.64. The van der Waals surface area contributed by atoms with Gasteiger partial charge in [-0.3, -0.25) is 4.79 Å². The molecule has 2 saturated heterocycles. The summed E-state index contributed by atoms with van der Waals surface area (Å²) in [6.45, 7) is 3.61. The summed E-state index contributed by atoms with van der Waals surface area (Å²) < 4.78 is 5.64. The number of methoxy groups -OCH3 is 1. The summed E-state index contributed by atoms with van der Waals surface area (Å²) in [5, 5.41) is 18.4. The molecule has 3 amide bonds. The van der Waals surface area contributed by atoms with Crippen molar-refractivity contribution in [2.24, 2.45) is 11.3 Å². The second-order valence-corrected chi connectivity index (χ2v) is 13.6. The van der Waals surface area contributed by atoms with Crippen molar-refractivity contribution >= 4 is 17.6 Å². The Balaban J connectivity index is 1.38. The Kier molecular flexibility index (Phi) is 8.14. The van der Waals surface area contributed by atoms with Crippen molar-refractivity contribution in [2.45, 2.75) is 114 Å². The largest absolute Gasteiger partial charge is 0.497 e. The van der Waals surface area contributed by atoms with E-state index < -0.39 is 5.54 Å². The van der Waals surface area contributed by atoms with Gasteiger partial charge in [0, 0.05) is 55.7 Å². The van der Waals surface area contributed by atoms with Crippen molar-refractivity contribution in [1.82, 2.24) is 15.1 Å². The third kappa shape index (κ3) is 4.98. The number of aliphatic hydroxyl groups excluding tert-OH is 1. The van der Waals surface area contributed by atoms with Crippen LogP contribution >= 0.6 is 0 Å². The lowest BCUT2D eigenvalue weighted by atomic mass is 9.52. The van der Waals surface area contributed by atoms with Gasteiger partial charge in [-0.05, 0) is 56.1 Å². The zero-order valence-corrected chi connectivity index (χ0v) is 25.1. The minimum absolute atomic E-state index is 0.0303. The Bertz CT molecular complexity index is 1100. The van der Waals surface area contributed by atoms with Crippen molar-refractivity contribution < 1.29 is 19.4 Å². The minimum atomic E-state index is -0.454. The van der Waals surface area contributed by atoms with Crippen molar-refractivity contribution in [3.05, 3.63) is 23.8 Å². The van der Waals surface area contributed by atoms with Crippen LogP contribution in [0, 0.1) is 11.3 Å². The molecule has 5 aliphatic rings. The van der Waals surface area contributed by atoms with Gasteiger partial charge in [0.05, 0.1) is 25.3 Å². The normalized spacial score (nSPS) is 30.2. The van der Waals surface area contributed by atoms with E-state index in [0.717, 1.165) is 50.0 Å². The average molecular weight is 567 g/mol. The molecule has 2 unspecified atom stereocenters. The van der Waals surface area contributed by atoms with Crippen LogP contribution in [0.15, 0.2) is 18.2 Å². The Morgan fingerprint density at radius 2 is 1.68 bits per heavy atom. The molecule has 3 heterocycles. The van der Waals surface area contributed by atoms with Gasteiger partial charge in [0.25, 0.3) is 0 Å². The predicted octanol–water partition coefficient (Wildman–Crippen LogP) is 5.26. The topological polar surface area (TPSA) is 94.1 Å². The van der Waals surface area contributed by atoms with Gasteiger partial charge < -0.3 is 30.3 Å². The third-order valence-electron chi connectivity index (χ3n) is 11.5. The Morgan fingerprint density at radius 3 is 2.32 bits per heavy atom. The minimum Gasteiger partial charge on any atom is -0.497 e. The van der Waals surface area contributed by atoms with Crippen LogP contribution in [0.1, 0.15) is 102 Å². The summed E-state index contributed by atoms with van der Waals surface area (Å²) in [6, 6.07) is 6.47. The standard InChI is InChI=1S/C33H50N4O4/c1-23(39)37-22-32(16-18-36(19-17-32)31(40)34-25-12-8-5-9-13-25)30-27-15-14-26(41-2)20-28(27)35-33(30,29(37)21-38)24-10-6-3-4-7-11-24/h14-15,20,24-25,29-30,35,38H,3-13,16-19,21-22H2,1-2H3,(H,34,40)/t29-,30?,33?/m0/s1. The van der Waals surface area contributed by atoms with E-state index in [-0.39, 0.29) is 35.9 Å². The molecule has 2 saturated carbocycles. The molecule has 0 aromatic heterocycles. The quantitative estimate of drug-likeness (QED) is 0.432. The van der Waals surface area contributed by atoms with E-state index >= 15 is 0 Å². The number of hydrogen-bond acceptors (Lipinski definition) is 5. The highest BCUT2D eigenvalue weighted by molar-refractivity contribution is 5.77. The number of carbonyl (C=O) groups excluding carboxylic acids is 2. The number of ether oxygens (including phenoxy) is 1. The lowest BCUT2D eigenvalue weighted by Crippen LogP contribution is -2.73. The fourth-order valence-electron chi connectivity index (χ4n) is 9.56. The van der Waals surface area contributed by atoms with Gasteiger partial charge in [0.15, 0.2) is 0 Å². The second kappa shape index (κ2) is 11.7. The summed E-state index contributed by atoms with van der Waals surface area (Å²) >= 11 is 0. The fourth-order valence-corrected chi connectivity index (χ4v) is 9.56. The number of fused-ring (bicyclic) bond motifs is 4. The maximum Gasteiger partial charge on any atom is 0.317 e. The molecule has 226 valence electrons. The Labute approximate surface area is 245 Å². The van der Waals surface area contributed by atoms with Crippen molar-refractivity contribution in [3.63, 3.8) is 0 Å². The summed E-state index contributed by atoms with van der Waals surface area (Å²) in [5.41, 5.74) is 1.73. The second-order valence-electron chi connectivity index (χ2n) is 13.6. The lowest BCUT2D eigenvalue weighted by Gasteiger charge is -2.63. The van der Waals surface area contributed by atoms with Crippen LogP contribution in [-0.2, 0) is 4.79 Å². The predicted molar refractivity (Wildman–Crippen MR) is 160 cm³/mol. The number of nitrogens with one attached hydrogen (secondary N) is 2. The van der Waals surface area contributed by atoms with Gasteiger partial charge in [-0.1, -0.05) is 51.0 Å². The molecule has 3 aliphatic heterocycles. The maximum absolute atomic E-state index is 13.3. The lowest BCUT2D eigenvalue weighted by molar-refractivity contribution is -0.148. The Morgan fingerprint density at radius 1 is 1.02 bits per heavy atom. The number of likely N-dealkylation sites (tertiary alicyclic amines) is 2. The maximum atomic E-state index is 13.3. The van der Waals surface area contributed by atoms with E-state index in [1.54, 1.807) is 14.0 Å². The van der Waals surface area contributed by atoms with Crippen LogP contribution in [0.4, 0.5) is 10.5 Å². The first kappa shape index (κ1) is 28.6. The summed E-state index contributed by atoms with van der Waals surface area (Å²) in [5.74, 6) is 1.34. The van der Waals surface area contributed by atoms with E-state index in [2.05, 4.69) is 28.8 Å². The van der Waals surface area contributed by atoms with Crippen LogP contribution < -0.4 is 15.4 Å². The van der Waals surface area contributed by atoms with Crippen molar-refractivity contribution in [3.8, 4) is 5.75 Å². The summed E-state index contributed by atoms with van der Waals surface area (Å²) in [6.07, 6.45) is 14.6. The number of carbonyl (C=O) groups is 2. The SMILES string of the molecule is COc1ccc2c(c1)NC1(C3CCCCCC3)C2C2(CCN(C(=O)NC3CCCCC3)CC2)CN(C(C)=O)[C@H]1CO. The van der Waals surface area contributed by atoms with Gasteiger partial charge in [-0.15, -0.1) is 0 Å². The highest BCUT2D eigenvalue weighted by atomic mass is 16.5. The zero-order valence-electron chi connectivity index (χ0n) is 25.1. The smallest absolute Gasteiger partial charge is 0.317 e. The molecule has 2 aliphatic carbocycles. The van der Waals surface area contributed by atoms with E-state index in [9.17, 15) is 14.7 Å². The molecule has 1 spiro atoms. The number of urea groups is 1. The summed E-state index contributed by atoms with van der Waals surface area (Å²) in [4.78, 5) is 30.7. The number of piperidine rings is 2. The number of anilines is 1. The molecule has 1 aromatic rings. The first-order valence-electron chi connectivity index (χ1n) is 16.3. The number of hydrogen-bond donors (Lipinski definition) is 3. The van der Waals surface area contributed by atoms with Crippen LogP contribution in [0.5, 0.6) is 5.75 Å². The molecular formula is C33H50N4O4. The van der Waals surface area contributed by atoms with E-state index in [0.29, 0.717) is 31.6 Å².